The van der Waals surface area contributed by atoms with Gasteiger partial charge in [0.05, 0.1) is 11.4 Å². The molecule has 0 bridgehead atoms. The molecule has 2 aromatic heterocycles. The van der Waals surface area contributed by atoms with E-state index in [4.69, 9.17) is 14.4 Å². The predicted molar refractivity (Wildman–Crippen MR) is 219 cm³/mol. The minimum absolute atomic E-state index is 0.687. The van der Waals surface area contributed by atoms with Gasteiger partial charge in [-0.25, -0.2) is 9.97 Å². The van der Waals surface area contributed by atoms with Gasteiger partial charge in [-0.1, -0.05) is 146 Å². The van der Waals surface area contributed by atoms with Crippen LogP contribution in [0, 0.1) is 0 Å². The Balaban J connectivity index is 1.17. The first-order chi connectivity index (χ1) is 26.2. The standard InChI is InChI=1S/C50H32N2O/c1-3-13-33(14-4-1)39-28-40(36-25-26-49-45(31-36)44-22-9-10-24-48(44)53-49)30-41(29-39)47-32-46(51-50(52-47)35-16-5-2-6-17-35)38-20-11-19-37(27-38)43-23-12-18-34-15-7-8-21-42(34)43/h1-32H. The molecule has 2 heterocycles. The van der Waals surface area contributed by atoms with Crippen molar-refractivity contribution >= 4 is 32.7 Å². The first kappa shape index (κ1) is 30.7. The summed E-state index contributed by atoms with van der Waals surface area (Å²) in [6, 6.07) is 68.2. The van der Waals surface area contributed by atoms with E-state index in [1.165, 1.54) is 16.3 Å². The lowest BCUT2D eigenvalue weighted by Gasteiger charge is -2.14. The number of fused-ring (bicyclic) bond motifs is 4. The maximum absolute atomic E-state index is 6.18. The molecule has 0 atom stereocenters. The smallest absolute Gasteiger partial charge is 0.160 e. The molecule has 0 unspecified atom stereocenters. The molecular formula is C50H32N2O. The molecule has 0 aliphatic heterocycles. The zero-order valence-corrected chi connectivity index (χ0v) is 28.8. The highest BCUT2D eigenvalue weighted by molar-refractivity contribution is 6.06. The lowest BCUT2D eigenvalue weighted by Crippen LogP contribution is -1.97. The van der Waals surface area contributed by atoms with Gasteiger partial charge in [0.25, 0.3) is 0 Å². The molecule has 53 heavy (non-hydrogen) atoms. The molecule has 0 amide bonds. The van der Waals surface area contributed by atoms with E-state index in [9.17, 15) is 0 Å². The van der Waals surface area contributed by atoms with Crippen LogP contribution in [0.5, 0.6) is 0 Å². The van der Waals surface area contributed by atoms with Crippen molar-refractivity contribution in [3.63, 3.8) is 0 Å². The summed E-state index contributed by atoms with van der Waals surface area (Å²) in [5.41, 5.74) is 13.4. The van der Waals surface area contributed by atoms with Crippen LogP contribution >= 0.6 is 0 Å². The van der Waals surface area contributed by atoms with Crippen LogP contribution in [0.25, 0.3) is 100.0 Å². The van der Waals surface area contributed by atoms with E-state index in [-0.39, 0.29) is 0 Å². The highest BCUT2D eigenvalue weighted by atomic mass is 16.3. The van der Waals surface area contributed by atoms with E-state index in [0.717, 1.165) is 77.8 Å². The van der Waals surface area contributed by atoms with Crippen molar-refractivity contribution in [2.24, 2.45) is 0 Å². The van der Waals surface area contributed by atoms with Crippen molar-refractivity contribution in [3.05, 3.63) is 194 Å². The van der Waals surface area contributed by atoms with Crippen molar-refractivity contribution in [3.8, 4) is 67.3 Å². The fourth-order valence-corrected chi connectivity index (χ4v) is 7.43. The minimum atomic E-state index is 0.687. The third-order valence-corrected chi connectivity index (χ3v) is 10.1. The molecule has 0 aliphatic carbocycles. The SMILES string of the molecule is c1ccc(-c2cc(-c3ccc4oc5ccccc5c4c3)cc(-c3cc(-c4cccc(-c5cccc6ccccc56)c4)nc(-c4ccccc4)n3)c2)cc1. The van der Waals surface area contributed by atoms with Crippen LogP contribution < -0.4 is 0 Å². The number of hydrogen-bond acceptors (Lipinski definition) is 3. The second-order valence-corrected chi connectivity index (χ2v) is 13.4. The molecule has 0 fully saturated rings. The van der Waals surface area contributed by atoms with E-state index in [1.54, 1.807) is 0 Å². The van der Waals surface area contributed by atoms with E-state index in [0.29, 0.717) is 5.82 Å². The molecule has 3 nitrogen and oxygen atoms in total. The van der Waals surface area contributed by atoms with Gasteiger partial charge in [0.15, 0.2) is 5.82 Å². The summed E-state index contributed by atoms with van der Waals surface area (Å²) in [5.74, 6) is 0.687. The Bertz CT molecular complexity index is 2940. The molecule has 0 saturated carbocycles. The van der Waals surface area contributed by atoms with Crippen molar-refractivity contribution in [1.29, 1.82) is 0 Å². The summed E-state index contributed by atoms with van der Waals surface area (Å²) in [6.07, 6.45) is 0. The summed E-state index contributed by atoms with van der Waals surface area (Å²) in [4.78, 5) is 10.4. The summed E-state index contributed by atoms with van der Waals surface area (Å²) in [6.45, 7) is 0. The van der Waals surface area contributed by atoms with Gasteiger partial charge < -0.3 is 4.42 Å². The van der Waals surface area contributed by atoms with Crippen LogP contribution in [0.2, 0.25) is 0 Å². The Kier molecular flexibility index (Phi) is 7.47. The fraction of sp³-hybridized carbons (Fsp3) is 0. The Morgan fingerprint density at radius 2 is 0.868 bits per heavy atom. The first-order valence-corrected chi connectivity index (χ1v) is 17.9. The van der Waals surface area contributed by atoms with Gasteiger partial charge in [-0.15, -0.1) is 0 Å². The highest BCUT2D eigenvalue weighted by Gasteiger charge is 2.16. The van der Waals surface area contributed by atoms with E-state index in [2.05, 4.69) is 164 Å². The van der Waals surface area contributed by atoms with Crippen LogP contribution in [0.3, 0.4) is 0 Å². The number of aromatic nitrogens is 2. The number of benzene rings is 8. The Morgan fingerprint density at radius 1 is 0.302 bits per heavy atom. The molecule has 0 aliphatic rings. The van der Waals surface area contributed by atoms with Crippen molar-refractivity contribution in [2.75, 3.05) is 0 Å². The zero-order chi connectivity index (χ0) is 35.1. The maximum atomic E-state index is 6.18. The summed E-state index contributed by atoms with van der Waals surface area (Å²) in [5, 5.41) is 4.67. The predicted octanol–water partition coefficient (Wildman–Crippen LogP) is 13.5. The maximum Gasteiger partial charge on any atom is 0.160 e. The number of nitrogens with zero attached hydrogens (tertiary/aromatic N) is 2. The molecule has 3 heteroatoms. The minimum Gasteiger partial charge on any atom is -0.456 e. The summed E-state index contributed by atoms with van der Waals surface area (Å²) < 4.78 is 6.18. The molecular weight excluding hydrogens is 645 g/mol. The average Bonchev–Trinajstić information content (AvgIpc) is 3.62. The average molecular weight is 677 g/mol. The molecule has 0 radical (unpaired) electrons. The molecule has 248 valence electrons. The Hall–Kier alpha value is -7.10. The van der Waals surface area contributed by atoms with Crippen LogP contribution in [-0.2, 0) is 0 Å². The van der Waals surface area contributed by atoms with Crippen molar-refractivity contribution in [2.45, 2.75) is 0 Å². The van der Waals surface area contributed by atoms with Gasteiger partial charge >= 0.3 is 0 Å². The van der Waals surface area contributed by atoms with Gasteiger partial charge in [0, 0.05) is 27.5 Å². The molecule has 0 spiro atoms. The van der Waals surface area contributed by atoms with Crippen LogP contribution in [0.15, 0.2) is 199 Å². The van der Waals surface area contributed by atoms with Gasteiger partial charge in [0.1, 0.15) is 11.2 Å². The normalized spacial score (nSPS) is 11.4. The van der Waals surface area contributed by atoms with Crippen molar-refractivity contribution < 1.29 is 4.42 Å². The van der Waals surface area contributed by atoms with E-state index < -0.39 is 0 Å². The van der Waals surface area contributed by atoms with Gasteiger partial charge in [-0.05, 0) is 92.7 Å². The summed E-state index contributed by atoms with van der Waals surface area (Å²) >= 11 is 0. The second-order valence-electron chi connectivity index (χ2n) is 13.4. The highest BCUT2D eigenvalue weighted by Crippen LogP contribution is 2.38. The monoisotopic (exact) mass is 676 g/mol. The van der Waals surface area contributed by atoms with Crippen LogP contribution in [0.4, 0.5) is 0 Å². The van der Waals surface area contributed by atoms with Gasteiger partial charge in [0.2, 0.25) is 0 Å². The molecule has 8 aromatic carbocycles. The quantitative estimate of drug-likeness (QED) is 0.176. The summed E-state index contributed by atoms with van der Waals surface area (Å²) in [7, 11) is 0. The largest absolute Gasteiger partial charge is 0.456 e. The van der Waals surface area contributed by atoms with E-state index >= 15 is 0 Å². The number of para-hydroxylation sites is 1. The third-order valence-electron chi connectivity index (χ3n) is 10.1. The molecule has 10 aromatic rings. The molecule has 0 N–H and O–H groups in total. The van der Waals surface area contributed by atoms with Crippen molar-refractivity contribution in [1.82, 2.24) is 9.97 Å². The molecule has 0 saturated heterocycles. The fourth-order valence-electron chi connectivity index (χ4n) is 7.43. The number of rotatable bonds is 6. The Morgan fingerprint density at radius 3 is 1.70 bits per heavy atom. The van der Waals surface area contributed by atoms with Crippen LogP contribution in [-0.4, -0.2) is 9.97 Å². The topological polar surface area (TPSA) is 38.9 Å². The number of furan rings is 1. The Labute approximate surface area is 307 Å². The van der Waals surface area contributed by atoms with E-state index in [1.807, 2.05) is 30.3 Å². The lowest BCUT2D eigenvalue weighted by atomic mass is 9.93. The van der Waals surface area contributed by atoms with Gasteiger partial charge in [-0.3, -0.25) is 0 Å². The van der Waals surface area contributed by atoms with Crippen LogP contribution in [0.1, 0.15) is 0 Å². The molecule has 10 rings (SSSR count). The first-order valence-electron chi connectivity index (χ1n) is 17.9. The number of hydrogen-bond donors (Lipinski definition) is 0. The van der Waals surface area contributed by atoms with Gasteiger partial charge in [-0.2, -0.15) is 0 Å². The second kappa shape index (κ2) is 12.9. The third kappa shape index (κ3) is 5.75. The lowest BCUT2D eigenvalue weighted by molar-refractivity contribution is 0.669. The zero-order valence-electron chi connectivity index (χ0n) is 28.8.